The van der Waals surface area contributed by atoms with E-state index in [1.165, 1.54) is 21.5 Å². The molecule has 0 saturated carbocycles. The van der Waals surface area contributed by atoms with Gasteiger partial charge in [-0.15, -0.1) is 0 Å². The minimum Gasteiger partial charge on any atom is -0.456 e. The summed E-state index contributed by atoms with van der Waals surface area (Å²) in [5.41, 5.74) is 8.85. The van der Waals surface area contributed by atoms with Crippen molar-refractivity contribution >= 4 is 76.3 Å². The molecule has 0 aliphatic heterocycles. The second kappa shape index (κ2) is 11.9. The van der Waals surface area contributed by atoms with E-state index in [1.807, 2.05) is 72.9 Å². The first kappa shape index (κ1) is 30.7. The minimum atomic E-state index is 0.530. The Morgan fingerprint density at radius 2 is 1.00 bits per heavy atom. The smallest absolute Gasteiger partial charge is 0.167 e. The van der Waals surface area contributed by atoms with E-state index >= 15 is 0 Å². The number of pyridine rings is 1. The highest BCUT2D eigenvalue weighted by molar-refractivity contribution is 6.23. The summed E-state index contributed by atoms with van der Waals surface area (Å²) in [6.07, 6.45) is 1.86. The van der Waals surface area contributed by atoms with Crippen molar-refractivity contribution in [1.29, 1.82) is 0 Å². The Balaban J connectivity index is 1.07. The molecule has 0 atom stereocenters. The molecule has 12 rings (SSSR count). The van der Waals surface area contributed by atoms with Crippen molar-refractivity contribution in [3.63, 3.8) is 0 Å². The topological polar surface area (TPSA) is 77.8 Å². The van der Waals surface area contributed by atoms with Gasteiger partial charge in [0, 0.05) is 44.3 Å². The lowest BCUT2D eigenvalue weighted by Gasteiger charge is -2.14. The zero-order chi connectivity index (χ0) is 36.7. The highest BCUT2D eigenvalue weighted by Gasteiger charge is 2.21. The third kappa shape index (κ3) is 4.63. The normalized spacial score (nSPS) is 11.9. The number of hydrogen-bond donors (Lipinski definition) is 0. The van der Waals surface area contributed by atoms with Crippen molar-refractivity contribution < 1.29 is 8.83 Å². The van der Waals surface area contributed by atoms with Gasteiger partial charge in [0.1, 0.15) is 22.3 Å². The Morgan fingerprint density at radius 1 is 0.357 bits per heavy atom. The van der Waals surface area contributed by atoms with Crippen LogP contribution in [0.1, 0.15) is 0 Å². The first-order chi connectivity index (χ1) is 27.7. The molecule has 0 amide bonds. The number of rotatable bonds is 4. The van der Waals surface area contributed by atoms with Crippen LogP contribution in [0.4, 0.5) is 0 Å². The molecule has 0 N–H and O–H groups in total. The number of para-hydroxylation sites is 3. The van der Waals surface area contributed by atoms with E-state index in [2.05, 4.69) is 97.1 Å². The summed E-state index contributed by atoms with van der Waals surface area (Å²) in [5, 5.41) is 9.99. The molecule has 0 fully saturated rings. The van der Waals surface area contributed by atoms with Crippen LogP contribution in [0.3, 0.4) is 0 Å². The molecule has 0 aliphatic rings. The highest BCUT2D eigenvalue weighted by Crippen LogP contribution is 2.41. The second-order valence-corrected chi connectivity index (χ2v) is 14.1. The summed E-state index contributed by atoms with van der Waals surface area (Å²) in [4.78, 5) is 20.3. The number of benzene rings is 8. The maximum Gasteiger partial charge on any atom is 0.167 e. The van der Waals surface area contributed by atoms with Crippen molar-refractivity contribution in [3.05, 3.63) is 170 Å². The lowest BCUT2D eigenvalue weighted by Crippen LogP contribution is -2.00. The molecule has 0 saturated heterocycles. The largest absolute Gasteiger partial charge is 0.456 e. The van der Waals surface area contributed by atoms with Gasteiger partial charge >= 0.3 is 0 Å². The Morgan fingerprint density at radius 3 is 1.88 bits per heavy atom. The molecule has 4 heterocycles. The van der Waals surface area contributed by atoms with Crippen molar-refractivity contribution in [3.8, 4) is 45.3 Å². The van der Waals surface area contributed by atoms with E-state index in [9.17, 15) is 0 Å². The zero-order valence-corrected chi connectivity index (χ0v) is 29.8. The molecule has 4 aromatic heterocycles. The van der Waals surface area contributed by atoms with E-state index in [1.54, 1.807) is 0 Å². The molecule has 8 aromatic carbocycles. The van der Waals surface area contributed by atoms with E-state index < -0.39 is 0 Å². The number of furan rings is 2. The van der Waals surface area contributed by atoms with Crippen LogP contribution in [0, 0.1) is 0 Å². The van der Waals surface area contributed by atoms with Crippen LogP contribution in [0.2, 0.25) is 0 Å². The first-order valence-corrected chi connectivity index (χ1v) is 18.6. The summed E-state index contributed by atoms with van der Waals surface area (Å²) >= 11 is 0. The summed E-state index contributed by atoms with van der Waals surface area (Å²) in [6.45, 7) is 0. The molecular formula is C50H28N4O2. The molecule has 56 heavy (non-hydrogen) atoms. The average Bonchev–Trinajstić information content (AvgIpc) is 3.85. The van der Waals surface area contributed by atoms with Crippen molar-refractivity contribution in [2.75, 3.05) is 0 Å². The first-order valence-electron chi connectivity index (χ1n) is 18.6. The maximum atomic E-state index is 6.48. The van der Waals surface area contributed by atoms with Crippen LogP contribution in [0.25, 0.3) is 122 Å². The third-order valence-electron chi connectivity index (χ3n) is 11.0. The van der Waals surface area contributed by atoms with Gasteiger partial charge in [-0.1, -0.05) is 127 Å². The second-order valence-electron chi connectivity index (χ2n) is 14.1. The SMILES string of the molecule is c1ccc2c(c1)ccc1c(-c3ccc(-c4nc(-c5cccc6c5oc5ccccc56)nc(-c5cccc6oc7ccccc7c56)n4)cc3)cc3ncccc3c12. The number of aromatic nitrogens is 4. The van der Waals surface area contributed by atoms with Crippen LogP contribution in [0.15, 0.2) is 179 Å². The van der Waals surface area contributed by atoms with Gasteiger partial charge in [-0.2, -0.15) is 0 Å². The van der Waals surface area contributed by atoms with E-state index in [-0.39, 0.29) is 0 Å². The lowest BCUT2D eigenvalue weighted by molar-refractivity contribution is 0.668. The molecule has 6 heteroatoms. The lowest BCUT2D eigenvalue weighted by atomic mass is 9.91. The molecule has 0 bridgehead atoms. The monoisotopic (exact) mass is 716 g/mol. The van der Waals surface area contributed by atoms with Gasteiger partial charge in [-0.3, -0.25) is 4.98 Å². The van der Waals surface area contributed by atoms with Crippen LogP contribution in [-0.4, -0.2) is 19.9 Å². The Bertz CT molecular complexity index is 3530. The Kier molecular flexibility index (Phi) is 6.53. The van der Waals surface area contributed by atoms with Gasteiger partial charge in [0.05, 0.1) is 11.1 Å². The van der Waals surface area contributed by atoms with Crippen molar-refractivity contribution in [1.82, 2.24) is 19.9 Å². The fraction of sp³-hybridized carbons (Fsp3) is 0. The van der Waals surface area contributed by atoms with Gasteiger partial charge in [0.15, 0.2) is 17.5 Å². The number of hydrogen-bond acceptors (Lipinski definition) is 6. The molecule has 0 unspecified atom stereocenters. The minimum absolute atomic E-state index is 0.530. The molecule has 260 valence electrons. The number of nitrogens with zero attached hydrogens (tertiary/aromatic N) is 4. The molecule has 0 radical (unpaired) electrons. The van der Waals surface area contributed by atoms with Gasteiger partial charge in [-0.05, 0) is 69.1 Å². The molecule has 12 aromatic rings. The summed E-state index contributed by atoms with van der Waals surface area (Å²) in [5.74, 6) is 1.64. The van der Waals surface area contributed by atoms with Gasteiger partial charge in [0.2, 0.25) is 0 Å². The van der Waals surface area contributed by atoms with Gasteiger partial charge < -0.3 is 8.83 Å². The maximum absolute atomic E-state index is 6.48. The Labute approximate surface area is 319 Å². The van der Waals surface area contributed by atoms with E-state index in [0.717, 1.165) is 82.6 Å². The van der Waals surface area contributed by atoms with Crippen LogP contribution in [-0.2, 0) is 0 Å². The van der Waals surface area contributed by atoms with Gasteiger partial charge in [0.25, 0.3) is 0 Å². The van der Waals surface area contributed by atoms with Gasteiger partial charge in [-0.25, -0.2) is 15.0 Å². The summed E-state index contributed by atoms with van der Waals surface area (Å²) < 4.78 is 12.8. The van der Waals surface area contributed by atoms with Crippen LogP contribution >= 0.6 is 0 Å². The predicted octanol–water partition coefficient (Wildman–Crippen LogP) is 13.2. The van der Waals surface area contributed by atoms with Crippen molar-refractivity contribution in [2.24, 2.45) is 0 Å². The zero-order valence-electron chi connectivity index (χ0n) is 29.8. The quantitative estimate of drug-likeness (QED) is 0.169. The molecule has 0 aliphatic carbocycles. The standard InChI is InChI=1S/C50H28N4O2/c1-2-11-32-29(10-1)25-26-34-40(28-41-36(45(32)34)17-9-27-51-41)30-21-23-31(24-22-30)48-52-49(38-15-8-20-44-46(38)37-13-4-6-19-43(37)55-44)54-50(53-48)39-16-7-14-35-33-12-3-5-18-42(33)56-47(35)39/h1-28H. The molecule has 0 spiro atoms. The highest BCUT2D eigenvalue weighted by atomic mass is 16.3. The van der Waals surface area contributed by atoms with Crippen LogP contribution in [0.5, 0.6) is 0 Å². The predicted molar refractivity (Wildman–Crippen MR) is 226 cm³/mol. The molecular weight excluding hydrogens is 689 g/mol. The Hall–Kier alpha value is -7.70. The summed E-state index contributed by atoms with van der Waals surface area (Å²) in [6, 6.07) is 56.2. The third-order valence-corrected chi connectivity index (χ3v) is 11.0. The molecule has 6 nitrogen and oxygen atoms in total. The van der Waals surface area contributed by atoms with E-state index in [0.29, 0.717) is 17.5 Å². The number of fused-ring (bicyclic) bond motifs is 11. The fourth-order valence-electron chi connectivity index (χ4n) is 8.41. The fourth-order valence-corrected chi connectivity index (χ4v) is 8.41. The average molecular weight is 717 g/mol. The summed E-state index contributed by atoms with van der Waals surface area (Å²) in [7, 11) is 0. The van der Waals surface area contributed by atoms with E-state index in [4.69, 9.17) is 28.8 Å². The van der Waals surface area contributed by atoms with Crippen LogP contribution < -0.4 is 0 Å². The van der Waals surface area contributed by atoms with Crippen molar-refractivity contribution in [2.45, 2.75) is 0 Å².